The molecule has 0 atom stereocenters. The van der Waals surface area contributed by atoms with Crippen LogP contribution < -0.4 is 0 Å². The fourth-order valence-corrected chi connectivity index (χ4v) is 4.96. The number of nitrogens with zero attached hydrogens (tertiary/aromatic N) is 2. The molecule has 2 aliphatic rings. The maximum atomic E-state index is 11.1. The molecular weight excluding hydrogens is 344 g/mol. The monoisotopic (exact) mass is 370 g/mol. The predicted octanol–water partition coefficient (Wildman–Crippen LogP) is 4.53. The minimum atomic E-state index is -0.728. The van der Waals surface area contributed by atoms with Gasteiger partial charge >= 0.3 is 0 Å². The third-order valence-corrected chi connectivity index (χ3v) is 6.68. The van der Waals surface area contributed by atoms with Crippen molar-refractivity contribution in [1.29, 1.82) is 0 Å². The van der Waals surface area contributed by atoms with Gasteiger partial charge in [0.1, 0.15) is 0 Å². The molecule has 4 heteroatoms. The molecule has 0 unspecified atom stereocenters. The van der Waals surface area contributed by atoms with E-state index in [1.165, 1.54) is 31.2 Å². The molecule has 2 aromatic rings. The van der Waals surface area contributed by atoms with Crippen LogP contribution in [0.25, 0.3) is 0 Å². The van der Waals surface area contributed by atoms with Crippen molar-refractivity contribution in [2.24, 2.45) is 0 Å². The molecule has 26 heavy (non-hydrogen) atoms. The minimum absolute atomic E-state index is 0.244. The van der Waals surface area contributed by atoms with Crippen LogP contribution in [0, 0.1) is 0 Å². The summed E-state index contributed by atoms with van der Waals surface area (Å²) in [7, 11) is 0. The highest BCUT2D eigenvalue weighted by atomic mass is 35.5. The summed E-state index contributed by atoms with van der Waals surface area (Å²) in [6, 6.07) is 12.4. The first-order chi connectivity index (χ1) is 12.6. The Kier molecular flexibility index (Phi) is 5.05. The zero-order chi connectivity index (χ0) is 18.0. The summed E-state index contributed by atoms with van der Waals surface area (Å²) in [4.78, 5) is 6.73. The van der Waals surface area contributed by atoms with E-state index in [1.807, 2.05) is 30.5 Å². The topological polar surface area (TPSA) is 36.4 Å². The summed E-state index contributed by atoms with van der Waals surface area (Å²) in [5, 5.41) is 11.9. The van der Waals surface area contributed by atoms with E-state index < -0.39 is 5.60 Å². The molecule has 1 aliphatic heterocycles. The van der Waals surface area contributed by atoms with Crippen molar-refractivity contribution in [3.63, 3.8) is 0 Å². The van der Waals surface area contributed by atoms with E-state index >= 15 is 0 Å². The van der Waals surface area contributed by atoms with E-state index in [-0.39, 0.29) is 5.41 Å². The number of aromatic nitrogens is 1. The molecule has 1 aliphatic carbocycles. The van der Waals surface area contributed by atoms with Gasteiger partial charge in [-0.3, -0.25) is 4.98 Å². The fourth-order valence-electron chi connectivity index (χ4n) is 4.83. The van der Waals surface area contributed by atoms with E-state index in [9.17, 15) is 5.11 Å². The number of aliphatic hydroxyl groups is 1. The van der Waals surface area contributed by atoms with Crippen LogP contribution in [0.3, 0.4) is 0 Å². The van der Waals surface area contributed by atoms with E-state index in [2.05, 4.69) is 22.0 Å². The van der Waals surface area contributed by atoms with Crippen molar-refractivity contribution in [2.45, 2.75) is 49.5 Å². The maximum absolute atomic E-state index is 11.1. The van der Waals surface area contributed by atoms with Gasteiger partial charge in [0.2, 0.25) is 0 Å². The van der Waals surface area contributed by atoms with E-state index in [0.29, 0.717) is 0 Å². The highest BCUT2D eigenvalue weighted by Crippen LogP contribution is 2.43. The van der Waals surface area contributed by atoms with Crippen LogP contribution in [0.15, 0.2) is 48.8 Å². The van der Waals surface area contributed by atoms with Crippen LogP contribution in [-0.4, -0.2) is 34.6 Å². The van der Waals surface area contributed by atoms with Gasteiger partial charge in [0.05, 0.1) is 5.60 Å². The zero-order valence-electron chi connectivity index (χ0n) is 15.2. The molecule has 0 radical (unpaired) electrons. The van der Waals surface area contributed by atoms with Crippen molar-refractivity contribution < 1.29 is 5.11 Å². The summed E-state index contributed by atoms with van der Waals surface area (Å²) >= 11 is 6.10. The Morgan fingerprint density at radius 3 is 2.27 bits per heavy atom. The van der Waals surface area contributed by atoms with Crippen molar-refractivity contribution in [2.75, 3.05) is 19.6 Å². The van der Waals surface area contributed by atoms with Gasteiger partial charge in [0.15, 0.2) is 0 Å². The number of pyridine rings is 1. The van der Waals surface area contributed by atoms with Gasteiger partial charge in [0, 0.05) is 48.0 Å². The third-order valence-electron chi connectivity index (χ3n) is 6.43. The number of hydrogen-bond acceptors (Lipinski definition) is 3. The van der Waals surface area contributed by atoms with Crippen molar-refractivity contribution in [3.8, 4) is 0 Å². The first-order valence-electron chi connectivity index (χ1n) is 9.71. The second kappa shape index (κ2) is 7.30. The summed E-state index contributed by atoms with van der Waals surface area (Å²) in [5.74, 6) is 0. The molecule has 2 heterocycles. The van der Waals surface area contributed by atoms with Crippen molar-refractivity contribution in [1.82, 2.24) is 9.88 Å². The molecule has 0 spiro atoms. The SMILES string of the molecule is OC1(c2cccnc2)CCN(CC2(c3ccc(Cl)cc3)CCCC2)CC1. The van der Waals surface area contributed by atoms with Crippen LogP contribution in [0.4, 0.5) is 0 Å². The second-order valence-corrected chi connectivity index (χ2v) is 8.48. The minimum Gasteiger partial charge on any atom is -0.385 e. The molecule has 0 amide bonds. The standard InChI is InChI=1S/C22H27ClN2O/c23-20-7-5-18(6-8-20)21(9-1-2-10-21)17-25-14-11-22(26,12-15-25)19-4-3-13-24-16-19/h3-8,13,16,26H,1-2,9-12,14-15,17H2. The summed E-state index contributed by atoms with van der Waals surface area (Å²) in [5.41, 5.74) is 1.89. The lowest BCUT2D eigenvalue weighted by atomic mass is 9.77. The van der Waals surface area contributed by atoms with Gasteiger partial charge in [0.25, 0.3) is 0 Å². The molecule has 2 fully saturated rings. The summed E-state index contributed by atoms with van der Waals surface area (Å²) in [6.07, 6.45) is 10.2. The van der Waals surface area contributed by atoms with E-state index in [1.54, 1.807) is 6.20 Å². The number of rotatable bonds is 4. The van der Waals surface area contributed by atoms with Crippen LogP contribution in [0.1, 0.15) is 49.7 Å². The molecule has 1 saturated carbocycles. The Bertz CT molecular complexity index is 718. The largest absolute Gasteiger partial charge is 0.385 e. The number of piperidine rings is 1. The Labute approximate surface area is 161 Å². The number of benzene rings is 1. The number of hydrogen-bond donors (Lipinski definition) is 1. The quantitative estimate of drug-likeness (QED) is 0.858. The Hall–Kier alpha value is -1.42. The Morgan fingerprint density at radius 2 is 1.65 bits per heavy atom. The van der Waals surface area contributed by atoms with Gasteiger partial charge < -0.3 is 10.0 Å². The lowest BCUT2D eigenvalue weighted by Crippen LogP contribution is -2.47. The molecule has 3 nitrogen and oxygen atoms in total. The highest BCUT2D eigenvalue weighted by molar-refractivity contribution is 6.30. The van der Waals surface area contributed by atoms with Gasteiger partial charge in [-0.05, 0) is 49.4 Å². The highest BCUT2D eigenvalue weighted by Gasteiger charge is 2.40. The molecule has 1 N–H and O–H groups in total. The lowest BCUT2D eigenvalue weighted by molar-refractivity contribution is -0.0305. The van der Waals surface area contributed by atoms with Gasteiger partial charge in [-0.15, -0.1) is 0 Å². The smallest absolute Gasteiger partial charge is 0.0935 e. The summed E-state index contributed by atoms with van der Waals surface area (Å²) < 4.78 is 0. The molecule has 1 saturated heterocycles. The summed E-state index contributed by atoms with van der Waals surface area (Å²) in [6.45, 7) is 2.94. The molecular formula is C22H27ClN2O. The maximum Gasteiger partial charge on any atom is 0.0935 e. The molecule has 1 aromatic carbocycles. The normalized spacial score (nSPS) is 22.4. The van der Waals surface area contributed by atoms with E-state index in [0.717, 1.165) is 43.1 Å². The predicted molar refractivity (Wildman–Crippen MR) is 105 cm³/mol. The fraction of sp³-hybridized carbons (Fsp3) is 0.500. The van der Waals surface area contributed by atoms with E-state index in [4.69, 9.17) is 11.6 Å². The van der Waals surface area contributed by atoms with Crippen molar-refractivity contribution in [3.05, 3.63) is 64.9 Å². The Balaban J connectivity index is 1.46. The molecule has 138 valence electrons. The van der Waals surface area contributed by atoms with Gasteiger partial charge in [-0.25, -0.2) is 0 Å². The lowest BCUT2D eigenvalue weighted by Gasteiger charge is -2.42. The second-order valence-electron chi connectivity index (χ2n) is 8.04. The average Bonchev–Trinajstić information content (AvgIpc) is 3.15. The first-order valence-corrected chi connectivity index (χ1v) is 10.1. The Morgan fingerprint density at radius 1 is 0.962 bits per heavy atom. The third kappa shape index (κ3) is 3.53. The van der Waals surface area contributed by atoms with Crippen LogP contribution in [0.5, 0.6) is 0 Å². The number of likely N-dealkylation sites (tertiary alicyclic amines) is 1. The van der Waals surface area contributed by atoms with Crippen LogP contribution in [0.2, 0.25) is 5.02 Å². The molecule has 4 rings (SSSR count). The van der Waals surface area contributed by atoms with Crippen LogP contribution in [-0.2, 0) is 11.0 Å². The number of halogens is 1. The average molecular weight is 371 g/mol. The molecule has 0 bridgehead atoms. The molecule has 1 aromatic heterocycles. The zero-order valence-corrected chi connectivity index (χ0v) is 16.0. The first kappa shape index (κ1) is 18.0. The van der Waals surface area contributed by atoms with Crippen LogP contribution >= 0.6 is 11.6 Å². The van der Waals surface area contributed by atoms with Crippen molar-refractivity contribution >= 4 is 11.6 Å². The van der Waals surface area contributed by atoms with Gasteiger partial charge in [-0.2, -0.15) is 0 Å². The van der Waals surface area contributed by atoms with Gasteiger partial charge in [-0.1, -0.05) is 42.6 Å².